The number of hydrogen-bond donors (Lipinski definition) is 1. The molecule has 2 rings (SSSR count). The number of nitrogens with one attached hydrogen (secondary N) is 1. The number of halogens is 2. The highest BCUT2D eigenvalue weighted by Crippen LogP contribution is 2.10. The Labute approximate surface area is 158 Å². The molecule has 0 bridgehead atoms. The van der Waals surface area contributed by atoms with Crippen molar-refractivity contribution in [2.75, 3.05) is 19.3 Å². The lowest BCUT2D eigenvalue weighted by Crippen LogP contribution is -2.34. The van der Waals surface area contributed by atoms with E-state index in [0.29, 0.717) is 18.5 Å². The second kappa shape index (κ2) is 9.57. The second-order valence-corrected chi connectivity index (χ2v) is 8.18. The van der Waals surface area contributed by atoms with Gasteiger partial charge in [-0.3, -0.25) is 4.79 Å². The second-order valence-electron chi connectivity index (χ2n) is 6.20. The smallest absolute Gasteiger partial charge is 0.221 e. The van der Waals surface area contributed by atoms with Gasteiger partial charge in [0.25, 0.3) is 0 Å². The zero-order valence-electron chi connectivity index (χ0n) is 15.0. The molecular formula is C19H22F2N2O3S. The molecule has 1 amide bonds. The summed E-state index contributed by atoms with van der Waals surface area (Å²) in [6.07, 6.45) is 1.64. The molecule has 2 aromatic rings. The van der Waals surface area contributed by atoms with E-state index < -0.39 is 15.8 Å². The fraction of sp³-hybridized carbons (Fsp3) is 0.316. The number of hydrogen-bond acceptors (Lipinski definition) is 3. The summed E-state index contributed by atoms with van der Waals surface area (Å²) in [6.45, 7) is 0.474. The highest BCUT2D eigenvalue weighted by atomic mass is 32.2. The lowest BCUT2D eigenvalue weighted by atomic mass is 10.1. The lowest BCUT2D eigenvalue weighted by molar-refractivity contribution is -0.121. The molecule has 0 saturated heterocycles. The van der Waals surface area contributed by atoms with Gasteiger partial charge in [-0.1, -0.05) is 24.3 Å². The van der Waals surface area contributed by atoms with Crippen molar-refractivity contribution in [1.82, 2.24) is 9.62 Å². The largest absolute Gasteiger partial charge is 0.356 e. The SMILES string of the molecule is CS(=O)(=O)N(CCC(=O)NCCc1ccc(F)cc1)Cc1ccc(F)cc1. The van der Waals surface area contributed by atoms with Crippen LogP contribution in [0.4, 0.5) is 8.78 Å². The van der Waals surface area contributed by atoms with Gasteiger partial charge < -0.3 is 5.32 Å². The fourth-order valence-corrected chi connectivity index (χ4v) is 3.27. The van der Waals surface area contributed by atoms with Crippen LogP contribution in [0.5, 0.6) is 0 Å². The van der Waals surface area contributed by atoms with Crippen LogP contribution in [0.25, 0.3) is 0 Å². The fourth-order valence-electron chi connectivity index (χ4n) is 2.47. The van der Waals surface area contributed by atoms with E-state index in [0.717, 1.165) is 11.8 Å². The van der Waals surface area contributed by atoms with Crippen molar-refractivity contribution < 1.29 is 22.0 Å². The first-order valence-electron chi connectivity index (χ1n) is 8.45. The third-order valence-corrected chi connectivity index (χ3v) is 5.23. The van der Waals surface area contributed by atoms with Crippen LogP contribution in [-0.4, -0.2) is 38.0 Å². The Balaban J connectivity index is 1.82. The molecule has 0 aromatic heterocycles. The van der Waals surface area contributed by atoms with Gasteiger partial charge in [0.15, 0.2) is 0 Å². The Bertz CT molecular complexity index is 854. The van der Waals surface area contributed by atoms with E-state index in [1.807, 2.05) is 0 Å². The number of sulfonamides is 1. The third kappa shape index (κ3) is 7.44. The number of nitrogens with zero attached hydrogens (tertiary/aromatic N) is 1. The maximum atomic E-state index is 13.0. The molecule has 0 radical (unpaired) electrons. The van der Waals surface area contributed by atoms with Crippen molar-refractivity contribution in [3.63, 3.8) is 0 Å². The first kappa shape index (κ1) is 21.0. The van der Waals surface area contributed by atoms with E-state index in [4.69, 9.17) is 0 Å². The van der Waals surface area contributed by atoms with Gasteiger partial charge in [0.2, 0.25) is 15.9 Å². The Kier molecular flexibility index (Phi) is 7.44. The molecule has 0 aliphatic heterocycles. The lowest BCUT2D eigenvalue weighted by Gasteiger charge is -2.20. The number of benzene rings is 2. The summed E-state index contributed by atoms with van der Waals surface area (Å²) >= 11 is 0. The molecule has 0 aliphatic carbocycles. The molecule has 0 unspecified atom stereocenters. The van der Waals surface area contributed by atoms with Gasteiger partial charge in [0.05, 0.1) is 6.26 Å². The van der Waals surface area contributed by atoms with Crippen molar-refractivity contribution >= 4 is 15.9 Å². The molecule has 8 heteroatoms. The van der Waals surface area contributed by atoms with Crippen LogP contribution >= 0.6 is 0 Å². The van der Waals surface area contributed by atoms with Crippen molar-refractivity contribution in [3.05, 3.63) is 71.3 Å². The maximum Gasteiger partial charge on any atom is 0.221 e. The number of amides is 1. The average Bonchev–Trinajstić information content (AvgIpc) is 2.61. The molecule has 0 fully saturated rings. The summed E-state index contributed by atoms with van der Waals surface area (Å²) in [6, 6.07) is 11.6. The van der Waals surface area contributed by atoms with E-state index in [1.54, 1.807) is 12.1 Å². The Hall–Kier alpha value is -2.32. The molecule has 0 spiro atoms. The summed E-state index contributed by atoms with van der Waals surface area (Å²) in [7, 11) is -3.51. The Morgan fingerprint density at radius 3 is 2.00 bits per heavy atom. The van der Waals surface area contributed by atoms with E-state index in [9.17, 15) is 22.0 Å². The Morgan fingerprint density at radius 1 is 0.963 bits per heavy atom. The van der Waals surface area contributed by atoms with E-state index in [2.05, 4.69) is 5.32 Å². The highest BCUT2D eigenvalue weighted by molar-refractivity contribution is 7.88. The molecule has 0 aliphatic rings. The van der Waals surface area contributed by atoms with Crippen molar-refractivity contribution in [2.24, 2.45) is 0 Å². The first-order chi connectivity index (χ1) is 12.7. The van der Waals surface area contributed by atoms with Gasteiger partial charge in [0.1, 0.15) is 11.6 Å². The van der Waals surface area contributed by atoms with Crippen LogP contribution in [0.15, 0.2) is 48.5 Å². The first-order valence-corrected chi connectivity index (χ1v) is 10.3. The van der Waals surface area contributed by atoms with E-state index in [1.165, 1.54) is 40.7 Å². The minimum atomic E-state index is -3.51. The third-order valence-electron chi connectivity index (χ3n) is 3.98. The minimum absolute atomic E-state index is 0.0116. The highest BCUT2D eigenvalue weighted by Gasteiger charge is 2.18. The van der Waals surface area contributed by atoms with Crippen molar-refractivity contribution in [2.45, 2.75) is 19.4 Å². The molecule has 146 valence electrons. The van der Waals surface area contributed by atoms with Gasteiger partial charge in [0, 0.05) is 26.1 Å². The van der Waals surface area contributed by atoms with Crippen molar-refractivity contribution in [3.8, 4) is 0 Å². The summed E-state index contributed by atoms with van der Waals surface area (Å²) in [4.78, 5) is 12.0. The predicted octanol–water partition coefficient (Wildman–Crippen LogP) is 2.48. The van der Waals surface area contributed by atoms with Gasteiger partial charge in [-0.2, -0.15) is 4.31 Å². The monoisotopic (exact) mass is 396 g/mol. The quantitative estimate of drug-likeness (QED) is 0.708. The minimum Gasteiger partial charge on any atom is -0.356 e. The molecule has 27 heavy (non-hydrogen) atoms. The molecule has 0 saturated carbocycles. The van der Waals surface area contributed by atoms with Crippen LogP contribution in [0.3, 0.4) is 0 Å². The standard InChI is InChI=1S/C19H22F2N2O3S/c1-27(25,26)23(14-16-4-8-18(21)9-5-16)13-11-19(24)22-12-10-15-2-6-17(20)7-3-15/h2-9H,10-14H2,1H3,(H,22,24). The average molecular weight is 396 g/mol. The van der Waals surface area contributed by atoms with Crippen LogP contribution < -0.4 is 5.32 Å². The van der Waals surface area contributed by atoms with Gasteiger partial charge in [-0.15, -0.1) is 0 Å². The van der Waals surface area contributed by atoms with Gasteiger partial charge in [-0.25, -0.2) is 17.2 Å². The summed E-state index contributed by atoms with van der Waals surface area (Å²) in [5.41, 5.74) is 1.53. The Morgan fingerprint density at radius 2 is 1.48 bits per heavy atom. The molecule has 1 N–H and O–H groups in total. The normalized spacial score (nSPS) is 11.6. The maximum absolute atomic E-state index is 13.0. The predicted molar refractivity (Wildman–Crippen MR) is 99.4 cm³/mol. The number of carbonyl (C=O) groups excluding carboxylic acids is 1. The molecular weight excluding hydrogens is 374 g/mol. The zero-order chi connectivity index (χ0) is 19.9. The topological polar surface area (TPSA) is 66.5 Å². The van der Waals surface area contributed by atoms with E-state index >= 15 is 0 Å². The van der Waals surface area contributed by atoms with Crippen LogP contribution in [-0.2, 0) is 27.8 Å². The molecule has 0 atom stereocenters. The summed E-state index contributed by atoms with van der Waals surface area (Å²) in [5, 5.41) is 2.72. The van der Waals surface area contributed by atoms with Crippen LogP contribution in [0, 0.1) is 11.6 Å². The summed E-state index contributed by atoms with van der Waals surface area (Å²) in [5.74, 6) is -0.986. The van der Waals surface area contributed by atoms with Crippen molar-refractivity contribution in [1.29, 1.82) is 0 Å². The van der Waals surface area contributed by atoms with Crippen LogP contribution in [0.1, 0.15) is 17.5 Å². The van der Waals surface area contributed by atoms with Gasteiger partial charge in [-0.05, 0) is 41.8 Å². The van der Waals surface area contributed by atoms with Crippen LogP contribution in [0.2, 0.25) is 0 Å². The molecule has 0 heterocycles. The van der Waals surface area contributed by atoms with E-state index in [-0.39, 0.29) is 31.2 Å². The van der Waals surface area contributed by atoms with Gasteiger partial charge >= 0.3 is 0 Å². The zero-order valence-corrected chi connectivity index (χ0v) is 15.8. The number of carbonyl (C=O) groups is 1. The molecule has 2 aromatic carbocycles. The number of rotatable bonds is 9. The summed E-state index contributed by atoms with van der Waals surface area (Å²) < 4.78 is 50.9. The molecule has 5 nitrogen and oxygen atoms in total.